The number of ketones is 1. The van der Waals surface area contributed by atoms with Crippen molar-refractivity contribution in [2.24, 2.45) is 10.1 Å². The molecule has 0 amide bonds. The van der Waals surface area contributed by atoms with E-state index in [0.29, 0.717) is 12.5 Å². The Balaban J connectivity index is 1.94. The molecule has 0 unspecified atom stereocenters. The lowest BCUT2D eigenvalue weighted by atomic mass is 10.2. The Morgan fingerprint density at radius 2 is 1.46 bits per heavy atom. The first-order valence-corrected chi connectivity index (χ1v) is 9.02. The lowest BCUT2D eigenvalue weighted by molar-refractivity contribution is -0.110. The molecule has 0 bridgehead atoms. The van der Waals surface area contributed by atoms with Gasteiger partial charge < -0.3 is 5.32 Å². The number of hydrogen-bond acceptors (Lipinski definition) is 4. The quantitative estimate of drug-likeness (QED) is 0.287. The summed E-state index contributed by atoms with van der Waals surface area (Å²) < 4.78 is 0. The minimum atomic E-state index is -0.127. The first-order valence-electron chi connectivity index (χ1n) is 9.02. The van der Waals surface area contributed by atoms with E-state index < -0.39 is 0 Å². The van der Waals surface area contributed by atoms with Gasteiger partial charge in [-0.2, -0.15) is 5.10 Å². The number of rotatable bonds is 7. The molecule has 3 rings (SSSR count). The highest BCUT2D eigenvalue weighted by molar-refractivity contribution is 6.29. The zero-order valence-electron chi connectivity index (χ0n) is 15.7. The molecule has 3 aromatic carbocycles. The smallest absolute Gasteiger partial charge is 0.179 e. The van der Waals surface area contributed by atoms with Gasteiger partial charge in [-0.1, -0.05) is 66.7 Å². The Bertz CT molecular complexity index is 938. The molecule has 1 N–H and O–H groups in total. The summed E-state index contributed by atoms with van der Waals surface area (Å²) in [5.74, 6) is 0.340. The van der Waals surface area contributed by atoms with Crippen molar-refractivity contribution in [1.82, 2.24) is 0 Å². The van der Waals surface area contributed by atoms with Gasteiger partial charge in [0, 0.05) is 18.2 Å². The van der Waals surface area contributed by atoms with Gasteiger partial charge in [0.1, 0.15) is 6.67 Å². The van der Waals surface area contributed by atoms with Crippen molar-refractivity contribution in [1.29, 1.82) is 0 Å². The fourth-order valence-electron chi connectivity index (χ4n) is 2.52. The van der Waals surface area contributed by atoms with E-state index in [1.54, 1.807) is 0 Å². The zero-order chi connectivity index (χ0) is 19.6. The van der Waals surface area contributed by atoms with Crippen LogP contribution in [0.2, 0.25) is 0 Å². The van der Waals surface area contributed by atoms with Gasteiger partial charge >= 0.3 is 0 Å². The standard InChI is InChI=1S/C23H22N4O/c1-19(28)17-24-23(20-11-5-2-6-12-20)26-27(22-15-9-4-10-16-22)18-25-21-13-7-3-8-14-21/h2-17,25H,18H2,1H3/b24-17?,26-23+. The maximum atomic E-state index is 11.4. The van der Waals surface area contributed by atoms with Gasteiger partial charge in [0.05, 0.1) is 11.9 Å². The Kier molecular flexibility index (Phi) is 6.68. The number of anilines is 2. The molecule has 5 nitrogen and oxygen atoms in total. The van der Waals surface area contributed by atoms with Crippen molar-refractivity contribution in [3.05, 3.63) is 96.6 Å². The summed E-state index contributed by atoms with van der Waals surface area (Å²) in [7, 11) is 0. The summed E-state index contributed by atoms with van der Waals surface area (Å²) in [6, 6.07) is 29.4. The second-order valence-electron chi connectivity index (χ2n) is 6.09. The molecule has 28 heavy (non-hydrogen) atoms. The van der Waals surface area contributed by atoms with Crippen LogP contribution in [0.1, 0.15) is 12.5 Å². The Hall–Kier alpha value is -3.73. The number of Topliss-reactive ketones (excluding diaryl/α,β-unsaturated/α-hetero) is 1. The third-order valence-electron chi connectivity index (χ3n) is 3.88. The highest BCUT2D eigenvalue weighted by Crippen LogP contribution is 2.16. The zero-order valence-corrected chi connectivity index (χ0v) is 15.7. The molecular weight excluding hydrogens is 348 g/mol. The second-order valence-corrected chi connectivity index (χ2v) is 6.09. The number of hydrazone groups is 1. The molecule has 0 saturated carbocycles. The summed E-state index contributed by atoms with van der Waals surface area (Å²) in [4.78, 5) is 15.7. The van der Waals surface area contributed by atoms with Crippen molar-refractivity contribution in [3.63, 3.8) is 0 Å². The van der Waals surface area contributed by atoms with Gasteiger partial charge in [0.2, 0.25) is 0 Å². The van der Waals surface area contributed by atoms with Crippen LogP contribution in [0.25, 0.3) is 0 Å². The average molecular weight is 370 g/mol. The maximum Gasteiger partial charge on any atom is 0.179 e. The first kappa shape index (κ1) is 19.0. The predicted molar refractivity (Wildman–Crippen MR) is 116 cm³/mol. The van der Waals surface area contributed by atoms with E-state index in [2.05, 4.69) is 10.3 Å². The van der Waals surface area contributed by atoms with Crippen LogP contribution in [0.4, 0.5) is 11.4 Å². The van der Waals surface area contributed by atoms with E-state index in [9.17, 15) is 4.79 Å². The summed E-state index contributed by atoms with van der Waals surface area (Å²) in [6.07, 6.45) is 1.29. The van der Waals surface area contributed by atoms with Crippen molar-refractivity contribution in [2.75, 3.05) is 17.0 Å². The minimum Gasteiger partial charge on any atom is -0.366 e. The normalized spacial score (nSPS) is 11.4. The van der Waals surface area contributed by atoms with Crippen LogP contribution in [0, 0.1) is 0 Å². The van der Waals surface area contributed by atoms with Crippen LogP contribution < -0.4 is 10.3 Å². The Morgan fingerprint density at radius 3 is 2.07 bits per heavy atom. The highest BCUT2D eigenvalue weighted by atomic mass is 16.1. The fourth-order valence-corrected chi connectivity index (χ4v) is 2.52. The Labute approximate surface area is 165 Å². The number of amidine groups is 1. The van der Waals surface area contributed by atoms with Crippen molar-refractivity contribution < 1.29 is 4.79 Å². The van der Waals surface area contributed by atoms with Crippen molar-refractivity contribution in [3.8, 4) is 0 Å². The predicted octanol–water partition coefficient (Wildman–Crippen LogP) is 4.58. The van der Waals surface area contributed by atoms with Gasteiger partial charge in [0.25, 0.3) is 0 Å². The van der Waals surface area contributed by atoms with Crippen LogP contribution in [0.15, 0.2) is 101 Å². The molecule has 0 aliphatic carbocycles. The summed E-state index contributed by atoms with van der Waals surface area (Å²) in [5.41, 5.74) is 2.74. The number of benzene rings is 3. The number of carbonyl (C=O) groups excluding carboxylic acids is 1. The Morgan fingerprint density at radius 1 is 0.893 bits per heavy atom. The summed E-state index contributed by atoms with van der Waals surface area (Å²) in [6.45, 7) is 1.91. The van der Waals surface area contributed by atoms with Gasteiger partial charge in [-0.15, -0.1) is 0 Å². The molecule has 3 aromatic rings. The summed E-state index contributed by atoms with van der Waals surface area (Å²) in [5, 5.41) is 9.93. The van der Waals surface area contributed by atoms with Gasteiger partial charge in [0.15, 0.2) is 11.6 Å². The van der Waals surface area contributed by atoms with Crippen molar-refractivity contribution in [2.45, 2.75) is 6.92 Å². The van der Waals surface area contributed by atoms with Crippen molar-refractivity contribution >= 4 is 29.2 Å². The van der Waals surface area contributed by atoms with E-state index >= 15 is 0 Å². The highest BCUT2D eigenvalue weighted by Gasteiger charge is 2.09. The van der Waals surface area contributed by atoms with Gasteiger partial charge in [-0.05, 0) is 24.3 Å². The SMILES string of the molecule is CC(=O)C=N/C(=N/N(CNc1ccccc1)c1ccccc1)c1ccccc1. The number of hydrogen-bond donors (Lipinski definition) is 1. The molecule has 0 saturated heterocycles. The topological polar surface area (TPSA) is 57.1 Å². The van der Waals surface area contributed by atoms with E-state index in [1.165, 1.54) is 13.1 Å². The van der Waals surface area contributed by atoms with Crippen LogP contribution in [-0.4, -0.2) is 24.5 Å². The van der Waals surface area contributed by atoms with Crippen LogP contribution in [0.5, 0.6) is 0 Å². The first-order chi connectivity index (χ1) is 13.7. The molecule has 0 heterocycles. The van der Waals surface area contributed by atoms with Crippen LogP contribution in [-0.2, 0) is 4.79 Å². The lowest BCUT2D eigenvalue weighted by Crippen LogP contribution is -2.25. The second kappa shape index (κ2) is 9.83. The molecule has 0 aliphatic rings. The van der Waals surface area contributed by atoms with Crippen LogP contribution >= 0.6 is 0 Å². The molecular formula is C23H22N4O. The van der Waals surface area contributed by atoms with E-state index in [-0.39, 0.29) is 5.78 Å². The molecule has 0 radical (unpaired) electrons. The third-order valence-corrected chi connectivity index (χ3v) is 3.88. The van der Waals surface area contributed by atoms with E-state index in [1.807, 2.05) is 96.0 Å². The average Bonchev–Trinajstić information content (AvgIpc) is 2.75. The fraction of sp³-hybridized carbons (Fsp3) is 0.0870. The summed E-state index contributed by atoms with van der Waals surface area (Å²) >= 11 is 0. The number of aliphatic imine (C=N–C) groups is 1. The molecule has 5 heteroatoms. The molecule has 0 spiro atoms. The minimum absolute atomic E-state index is 0.127. The number of nitrogens with zero attached hydrogens (tertiary/aromatic N) is 3. The largest absolute Gasteiger partial charge is 0.366 e. The molecule has 0 aliphatic heterocycles. The molecule has 140 valence electrons. The van der Waals surface area contributed by atoms with Crippen LogP contribution in [0.3, 0.4) is 0 Å². The lowest BCUT2D eigenvalue weighted by Gasteiger charge is -2.21. The van der Waals surface area contributed by atoms with E-state index in [4.69, 9.17) is 5.10 Å². The maximum absolute atomic E-state index is 11.4. The van der Waals surface area contributed by atoms with Gasteiger partial charge in [-0.3, -0.25) is 4.79 Å². The molecule has 0 fully saturated rings. The number of para-hydroxylation sites is 2. The number of nitrogens with one attached hydrogen (secondary N) is 1. The third kappa shape index (κ3) is 5.64. The van der Waals surface area contributed by atoms with E-state index in [0.717, 1.165) is 16.9 Å². The van der Waals surface area contributed by atoms with Gasteiger partial charge in [-0.25, -0.2) is 10.0 Å². The number of carbonyl (C=O) groups is 1. The molecule has 0 aromatic heterocycles. The molecule has 0 atom stereocenters. The monoisotopic (exact) mass is 370 g/mol.